The SMILES string of the molecule is CC(C)(C)OC(=O)N1CC[C@H]2[C@@H](C1)c1cccc3c1N2CCOC3N. The highest BCUT2D eigenvalue weighted by molar-refractivity contribution is 5.71. The second-order valence-electron chi connectivity index (χ2n) is 8.16. The summed E-state index contributed by atoms with van der Waals surface area (Å²) >= 11 is 0. The van der Waals surface area contributed by atoms with Crippen LogP contribution in [0.25, 0.3) is 0 Å². The molecule has 3 aliphatic rings. The van der Waals surface area contributed by atoms with Crippen LogP contribution in [-0.4, -0.2) is 48.9 Å². The number of hydrogen-bond donors (Lipinski definition) is 1. The van der Waals surface area contributed by atoms with Crippen molar-refractivity contribution in [2.75, 3.05) is 31.1 Å². The Balaban J connectivity index is 1.63. The zero-order valence-corrected chi connectivity index (χ0v) is 15.2. The van der Waals surface area contributed by atoms with Crippen LogP contribution in [-0.2, 0) is 9.47 Å². The first kappa shape index (κ1) is 16.7. The lowest BCUT2D eigenvalue weighted by molar-refractivity contribution is 0.0185. The van der Waals surface area contributed by atoms with Crippen LogP contribution in [0, 0.1) is 0 Å². The number of benzene rings is 1. The maximum Gasteiger partial charge on any atom is 0.410 e. The maximum absolute atomic E-state index is 12.5. The Morgan fingerprint density at radius 3 is 2.80 bits per heavy atom. The van der Waals surface area contributed by atoms with Gasteiger partial charge in [-0.3, -0.25) is 0 Å². The van der Waals surface area contributed by atoms with Crippen LogP contribution in [0.15, 0.2) is 18.2 Å². The maximum atomic E-state index is 12.5. The summed E-state index contributed by atoms with van der Waals surface area (Å²) in [6, 6.07) is 6.69. The van der Waals surface area contributed by atoms with Crippen LogP contribution in [0.1, 0.15) is 50.5 Å². The first-order valence-electron chi connectivity index (χ1n) is 9.10. The van der Waals surface area contributed by atoms with E-state index in [2.05, 4.69) is 23.1 Å². The molecule has 0 aliphatic carbocycles. The summed E-state index contributed by atoms with van der Waals surface area (Å²) in [5.74, 6) is 0.307. The predicted octanol–water partition coefficient (Wildman–Crippen LogP) is 2.59. The third kappa shape index (κ3) is 2.87. The van der Waals surface area contributed by atoms with Gasteiger partial charge in [-0.05, 0) is 32.8 Å². The van der Waals surface area contributed by atoms with Gasteiger partial charge in [-0.1, -0.05) is 18.2 Å². The molecule has 1 saturated heterocycles. The van der Waals surface area contributed by atoms with E-state index < -0.39 is 5.60 Å². The molecule has 3 aliphatic heterocycles. The number of carbonyl (C=O) groups excluding carboxylic acids is 1. The van der Waals surface area contributed by atoms with Gasteiger partial charge in [0.15, 0.2) is 0 Å². The van der Waals surface area contributed by atoms with Crippen molar-refractivity contribution in [2.24, 2.45) is 5.73 Å². The summed E-state index contributed by atoms with van der Waals surface area (Å²) in [6.45, 7) is 8.63. The van der Waals surface area contributed by atoms with Gasteiger partial charge >= 0.3 is 6.09 Å². The molecule has 2 N–H and O–H groups in total. The van der Waals surface area contributed by atoms with Crippen molar-refractivity contribution in [3.63, 3.8) is 0 Å². The largest absolute Gasteiger partial charge is 0.444 e. The molecule has 25 heavy (non-hydrogen) atoms. The Morgan fingerprint density at radius 1 is 1.28 bits per heavy atom. The Labute approximate surface area is 148 Å². The molecular formula is C19H27N3O3. The monoisotopic (exact) mass is 345 g/mol. The number of carbonyl (C=O) groups is 1. The van der Waals surface area contributed by atoms with Crippen LogP contribution >= 0.6 is 0 Å². The number of hydrogen-bond acceptors (Lipinski definition) is 5. The van der Waals surface area contributed by atoms with Gasteiger partial charge in [0.25, 0.3) is 0 Å². The summed E-state index contributed by atoms with van der Waals surface area (Å²) in [6.07, 6.45) is 0.351. The minimum absolute atomic E-state index is 0.214. The molecule has 6 heteroatoms. The van der Waals surface area contributed by atoms with Crippen molar-refractivity contribution >= 4 is 11.8 Å². The van der Waals surface area contributed by atoms with Gasteiger partial charge in [0, 0.05) is 42.8 Å². The highest BCUT2D eigenvalue weighted by Crippen LogP contribution is 2.48. The lowest BCUT2D eigenvalue weighted by Crippen LogP contribution is -2.49. The number of para-hydroxylation sites is 1. The van der Waals surface area contributed by atoms with Crippen molar-refractivity contribution < 1.29 is 14.3 Å². The van der Waals surface area contributed by atoms with Crippen molar-refractivity contribution in [3.8, 4) is 0 Å². The Hall–Kier alpha value is -1.79. The smallest absolute Gasteiger partial charge is 0.410 e. The van der Waals surface area contributed by atoms with Crippen molar-refractivity contribution in [2.45, 2.75) is 51.0 Å². The first-order chi connectivity index (χ1) is 11.8. The molecular weight excluding hydrogens is 318 g/mol. The number of ether oxygens (including phenoxy) is 2. The van der Waals surface area contributed by atoms with Crippen molar-refractivity contribution in [1.29, 1.82) is 0 Å². The molecule has 1 amide bonds. The summed E-state index contributed by atoms with van der Waals surface area (Å²) < 4.78 is 11.3. The number of piperidine rings is 1. The van der Waals surface area contributed by atoms with Gasteiger partial charge in [0.05, 0.1) is 6.61 Å². The van der Waals surface area contributed by atoms with Gasteiger partial charge < -0.3 is 25.0 Å². The van der Waals surface area contributed by atoms with E-state index in [1.165, 1.54) is 11.3 Å². The fraction of sp³-hybridized carbons (Fsp3) is 0.632. The van der Waals surface area contributed by atoms with E-state index in [0.717, 1.165) is 25.1 Å². The zero-order chi connectivity index (χ0) is 17.8. The molecule has 1 fully saturated rings. The third-order valence-electron chi connectivity index (χ3n) is 5.35. The quantitative estimate of drug-likeness (QED) is 0.783. The summed E-state index contributed by atoms with van der Waals surface area (Å²) in [5, 5.41) is 0. The Kier molecular flexibility index (Phi) is 3.92. The Morgan fingerprint density at radius 2 is 2.04 bits per heavy atom. The normalized spacial score (nSPS) is 28.2. The molecule has 4 rings (SSSR count). The van der Waals surface area contributed by atoms with E-state index >= 15 is 0 Å². The van der Waals surface area contributed by atoms with Gasteiger partial charge in [-0.25, -0.2) is 4.79 Å². The zero-order valence-electron chi connectivity index (χ0n) is 15.2. The molecule has 6 nitrogen and oxygen atoms in total. The molecule has 3 heterocycles. The summed E-state index contributed by atoms with van der Waals surface area (Å²) in [5.41, 5.74) is 9.32. The van der Waals surface area contributed by atoms with E-state index in [4.69, 9.17) is 15.2 Å². The standard InChI is InChI=1S/C19H27N3O3/c1-19(2,3)25-18(23)21-8-7-15-14(11-21)12-5-4-6-13-16(12)22(15)9-10-24-17(13)20/h4-6,14-15,17H,7-11,20H2,1-3H3/t14-,15-,17?/m0/s1. The fourth-order valence-electron chi connectivity index (χ4n) is 4.36. The van der Waals surface area contributed by atoms with Gasteiger partial charge in [0.1, 0.15) is 11.8 Å². The second-order valence-corrected chi connectivity index (χ2v) is 8.16. The van der Waals surface area contributed by atoms with E-state index in [1.54, 1.807) is 0 Å². The lowest BCUT2D eigenvalue weighted by atomic mass is 9.88. The highest BCUT2D eigenvalue weighted by Gasteiger charge is 2.45. The van der Waals surface area contributed by atoms with Crippen LogP contribution in [0.4, 0.5) is 10.5 Å². The molecule has 1 aromatic rings. The van der Waals surface area contributed by atoms with Crippen LogP contribution in [0.5, 0.6) is 0 Å². The second kappa shape index (κ2) is 5.88. The molecule has 0 spiro atoms. The van der Waals surface area contributed by atoms with Crippen LogP contribution in [0.3, 0.4) is 0 Å². The topological polar surface area (TPSA) is 68.0 Å². The van der Waals surface area contributed by atoms with E-state index in [-0.39, 0.29) is 12.3 Å². The van der Waals surface area contributed by atoms with E-state index in [1.807, 2.05) is 25.7 Å². The number of rotatable bonds is 0. The average Bonchev–Trinajstić information content (AvgIpc) is 2.76. The molecule has 0 aromatic heterocycles. The van der Waals surface area contributed by atoms with Gasteiger partial charge in [-0.2, -0.15) is 0 Å². The highest BCUT2D eigenvalue weighted by atomic mass is 16.6. The van der Waals surface area contributed by atoms with E-state index in [0.29, 0.717) is 25.1 Å². The predicted molar refractivity (Wildman–Crippen MR) is 95.6 cm³/mol. The van der Waals surface area contributed by atoms with Crippen LogP contribution < -0.4 is 10.6 Å². The molecule has 3 atom stereocenters. The Bertz CT molecular complexity index is 685. The number of nitrogens with zero attached hydrogens (tertiary/aromatic N) is 2. The van der Waals surface area contributed by atoms with Gasteiger partial charge in [-0.15, -0.1) is 0 Å². The minimum atomic E-state index is -0.467. The lowest BCUT2D eigenvalue weighted by Gasteiger charge is -2.39. The summed E-state index contributed by atoms with van der Waals surface area (Å²) in [4.78, 5) is 16.8. The molecule has 1 unspecified atom stereocenters. The molecule has 0 saturated carbocycles. The summed E-state index contributed by atoms with van der Waals surface area (Å²) in [7, 11) is 0. The van der Waals surface area contributed by atoms with Crippen molar-refractivity contribution in [3.05, 3.63) is 29.3 Å². The van der Waals surface area contributed by atoms with E-state index in [9.17, 15) is 4.79 Å². The van der Waals surface area contributed by atoms with Gasteiger partial charge in [0.2, 0.25) is 0 Å². The average molecular weight is 345 g/mol. The third-order valence-corrected chi connectivity index (χ3v) is 5.35. The number of nitrogens with two attached hydrogens (primary N) is 1. The van der Waals surface area contributed by atoms with Crippen molar-refractivity contribution in [1.82, 2.24) is 4.90 Å². The molecule has 136 valence electrons. The van der Waals surface area contributed by atoms with Crippen LogP contribution in [0.2, 0.25) is 0 Å². The fourth-order valence-corrected chi connectivity index (χ4v) is 4.36. The molecule has 1 aromatic carbocycles. The minimum Gasteiger partial charge on any atom is -0.444 e. The number of likely N-dealkylation sites (tertiary alicyclic amines) is 1. The number of amides is 1. The molecule has 0 bridgehead atoms. The first-order valence-corrected chi connectivity index (χ1v) is 9.10. The molecule has 0 radical (unpaired) electrons. The number of fused-ring (bicyclic) bond motifs is 3. The number of anilines is 1.